The molecule has 13 rings (SSSR count). The van der Waals surface area contributed by atoms with Crippen LogP contribution in [0, 0.1) is 18.8 Å². The highest BCUT2D eigenvalue weighted by Crippen LogP contribution is 2.49. The van der Waals surface area contributed by atoms with E-state index >= 15 is 19.2 Å². The number of phenolic OH excluding ortho intramolecular Hbond substituents is 3. The first-order valence-electron chi connectivity index (χ1n) is 35.8. The van der Waals surface area contributed by atoms with Crippen molar-refractivity contribution in [3.63, 3.8) is 0 Å². The van der Waals surface area contributed by atoms with Gasteiger partial charge in [-0.15, -0.1) is 0 Å². The monoisotopic (exact) mass is 1540 g/mol. The first-order chi connectivity index (χ1) is 51.8. The summed E-state index contributed by atoms with van der Waals surface area (Å²) in [4.78, 5) is 120. The number of amides is 7. The summed E-state index contributed by atoms with van der Waals surface area (Å²) in [6, 6.07) is 3.50. The predicted octanol–water partition coefficient (Wildman–Crippen LogP) is 0.784. The van der Waals surface area contributed by atoms with Crippen LogP contribution in [0.1, 0.15) is 144 Å². The molecule has 0 saturated carbocycles. The summed E-state index contributed by atoms with van der Waals surface area (Å²) >= 11 is 0. The zero-order valence-corrected chi connectivity index (χ0v) is 61.2. The number of primary amides is 1. The third kappa shape index (κ3) is 17.2. The van der Waals surface area contributed by atoms with Crippen molar-refractivity contribution < 1.29 is 127 Å². The number of aryl methyl sites for hydroxylation is 1. The van der Waals surface area contributed by atoms with E-state index in [1.54, 1.807) is 6.92 Å². The Hall–Kier alpha value is -9.86. The highest BCUT2D eigenvalue weighted by atomic mass is 16.8. The van der Waals surface area contributed by atoms with Gasteiger partial charge in [-0.25, -0.2) is 4.79 Å². The summed E-state index contributed by atoms with van der Waals surface area (Å²) in [6.45, 7) is 12.1. The number of carbonyl (C=O) groups is 8. The van der Waals surface area contributed by atoms with E-state index in [2.05, 4.69) is 31.9 Å². The first kappa shape index (κ1) is 81.1. The third-order valence-electron chi connectivity index (χ3n) is 20.6. The van der Waals surface area contributed by atoms with Gasteiger partial charge < -0.3 is 138 Å². The van der Waals surface area contributed by atoms with Crippen molar-refractivity contribution in [3.8, 4) is 57.1 Å². The zero-order valence-electron chi connectivity index (χ0n) is 61.2. The molecule has 8 heterocycles. The molecule has 0 aliphatic carbocycles. The van der Waals surface area contributed by atoms with Crippen LogP contribution in [0.4, 0.5) is 0 Å². The summed E-state index contributed by atoms with van der Waals surface area (Å²) in [5, 5.41) is 130. The van der Waals surface area contributed by atoms with E-state index < -0.39 is 250 Å². The van der Waals surface area contributed by atoms with Gasteiger partial charge in [0, 0.05) is 52.6 Å². The van der Waals surface area contributed by atoms with Gasteiger partial charge >= 0.3 is 5.97 Å². The molecule has 3 saturated heterocycles. The number of hydrogen-bond acceptors (Lipinski definition) is 27. The van der Waals surface area contributed by atoms with Crippen molar-refractivity contribution >= 4 is 47.3 Å². The predicted molar refractivity (Wildman–Crippen MR) is 381 cm³/mol. The van der Waals surface area contributed by atoms with Gasteiger partial charge in [0.15, 0.2) is 36.2 Å². The zero-order chi connectivity index (χ0) is 80.0. The van der Waals surface area contributed by atoms with Crippen molar-refractivity contribution in [2.24, 2.45) is 29.0 Å². The van der Waals surface area contributed by atoms with Crippen LogP contribution in [0.15, 0.2) is 84.9 Å². The minimum Gasteiger partial charge on any atom is -0.508 e. The number of nitrogens with one attached hydrogen (secondary N) is 6. The molecule has 8 aliphatic heterocycles. The highest BCUT2D eigenvalue weighted by molar-refractivity contribution is 6.00. The fraction of sp³-hybridized carbons (Fsp3) is 0.493. The van der Waals surface area contributed by atoms with Crippen molar-refractivity contribution in [1.82, 2.24) is 31.9 Å². The second-order valence-corrected chi connectivity index (χ2v) is 29.7. The summed E-state index contributed by atoms with van der Waals surface area (Å²) in [6.07, 6.45) is -21.5. The van der Waals surface area contributed by atoms with Crippen molar-refractivity contribution in [2.45, 2.75) is 215 Å². The maximum atomic E-state index is 16.4. The summed E-state index contributed by atoms with van der Waals surface area (Å²) in [5.41, 5.74) is 14.1. The number of benzene rings is 5. The van der Waals surface area contributed by atoms with E-state index in [9.17, 15) is 70.2 Å². The molecule has 0 aromatic heterocycles. The smallest absolute Gasteiger partial charge is 0.330 e. The van der Waals surface area contributed by atoms with Crippen molar-refractivity contribution in [1.29, 1.82) is 0 Å². The number of carboxylic acids is 1. The molecule has 594 valence electrons. The Kier molecular flexibility index (Phi) is 24.0. The van der Waals surface area contributed by atoms with Crippen LogP contribution in [-0.4, -0.2) is 202 Å². The third-order valence-corrected chi connectivity index (χ3v) is 20.6. The lowest BCUT2D eigenvalue weighted by Gasteiger charge is -2.47. The molecule has 0 unspecified atom stereocenters. The van der Waals surface area contributed by atoms with E-state index in [1.165, 1.54) is 77.1 Å². The van der Waals surface area contributed by atoms with Crippen LogP contribution < -0.4 is 63.3 Å². The van der Waals surface area contributed by atoms with Crippen LogP contribution in [-0.2, 0) is 62.0 Å². The van der Waals surface area contributed by atoms with Crippen LogP contribution >= 0.6 is 0 Å². The SMILES string of the molecule is CC[C@H](CC(C)C)C(=O)N[C@H]1C(=O)N[C@@H](CC(N)=O)C(=O)N[C@H]2C(=O)N[C@H]3C(=O)N[C@H](C(=O)N[C@H](C(=O)O)c4cc(O)cc(O)c4-c4cc3ccc4O)[C@H](O[C@H]3C[C@](C)(N)[C@@H](O)[C@H](C)O3)c3ccc(c(C)c3)Oc3cc2cc(c3O[C@@H]2O[C@H](CO)[C@@H](O)[C@H](O)[C@H]2O[C@H]2C[C@](C)(N)[C@@H](O)[C@H](C)O2)Oc2ccc(cc2)[C@H]1O. The summed E-state index contributed by atoms with van der Waals surface area (Å²) < 4.78 is 52.1. The molecular weight excluding hydrogens is 1440 g/mol. The molecule has 110 heavy (non-hydrogen) atoms. The van der Waals surface area contributed by atoms with Gasteiger partial charge in [-0.2, -0.15) is 0 Å². The lowest BCUT2D eigenvalue weighted by molar-refractivity contribution is -0.333. The average Bonchev–Trinajstić information content (AvgIpc) is 0.766. The molecule has 8 aliphatic rings. The second kappa shape index (κ2) is 32.6. The molecule has 35 nitrogen and oxygen atoms in total. The Morgan fingerprint density at radius 3 is 1.86 bits per heavy atom. The number of ether oxygens (including phenoxy) is 8. The van der Waals surface area contributed by atoms with E-state index in [1.807, 2.05) is 13.8 Å². The molecular formula is C75H93N9O26. The minimum atomic E-state index is -2.30. The molecule has 5 aromatic carbocycles. The topological polar surface area (TPSA) is 563 Å². The number of phenols is 3. The molecule has 35 heteroatoms. The number of rotatable bonds is 15. The lowest BCUT2D eigenvalue weighted by Crippen LogP contribution is -2.64. The fourth-order valence-corrected chi connectivity index (χ4v) is 14.6. The Morgan fingerprint density at radius 2 is 1.26 bits per heavy atom. The maximum absolute atomic E-state index is 16.4. The van der Waals surface area contributed by atoms with E-state index in [0.29, 0.717) is 6.42 Å². The van der Waals surface area contributed by atoms with E-state index in [4.69, 9.17) is 55.1 Å². The molecule has 0 spiro atoms. The van der Waals surface area contributed by atoms with E-state index in [0.717, 1.165) is 42.5 Å². The van der Waals surface area contributed by atoms with Gasteiger partial charge in [-0.1, -0.05) is 45.0 Å². The summed E-state index contributed by atoms with van der Waals surface area (Å²) in [5.74, 6) is -15.3. The molecule has 5 aromatic rings. The van der Waals surface area contributed by atoms with Gasteiger partial charge in [0.1, 0.15) is 89.5 Å². The number of carboxylic acid groups (broad SMARTS) is 1. The number of aromatic hydroxyl groups is 3. The van der Waals surface area contributed by atoms with Gasteiger partial charge in [0.05, 0.1) is 37.4 Å². The number of aliphatic hydroxyl groups is 6. The van der Waals surface area contributed by atoms with Crippen LogP contribution in [0.2, 0.25) is 0 Å². The van der Waals surface area contributed by atoms with E-state index in [-0.39, 0.29) is 58.9 Å². The minimum absolute atomic E-state index is 0.00877. The van der Waals surface area contributed by atoms with Gasteiger partial charge in [-0.05, 0) is 136 Å². The van der Waals surface area contributed by atoms with Crippen molar-refractivity contribution in [2.75, 3.05) is 6.61 Å². The van der Waals surface area contributed by atoms with Crippen LogP contribution in [0.25, 0.3) is 11.1 Å². The number of aliphatic hydroxyl groups excluding tert-OH is 6. The standard InChI is InChI=1S/C75H93N9O26/c1-9-33(18-29(2)3)66(95)83-56-58(90)34-10-14-39(15-11-34)105-46-21-37-22-47(62(46)110-73-63(60(92)59(91)48(28-85)107-73)109-51-27-75(8,78)65(94)32(6)104-51)106-45-17-13-36(19-30(45)4)61(108-50-26-74(7,77)64(93)31(5)103-50)57-71(100)82-55(72(101)102)41-23-38(86)24-44(88)52(41)40-20-35(12-16-43(40)87)53(68(97)84-57)81-69(98)54(37)80-67(96)42(25-49(76)89)79-70(56)99/h10-17,19-24,29,31-33,42,48,50-51,53-61,63-65,73,85-88,90-94H,9,18,25-28,77-78H2,1-8H3,(H2,76,89)(H,79,99)(H,80,96)(H,81,98)(H,82,100)(H,83,95)(H,84,97)(H,101,102)/t31-,32-,33+,42-,48+,50-,51-,53+,54+,55-,56+,57-,58+,59+,60-,61+,63+,64-,65-,73-,74-,75-/m0/s1. The van der Waals surface area contributed by atoms with Gasteiger partial charge in [0.2, 0.25) is 53.4 Å². The Bertz CT molecular complexity index is 4330. The Labute approximate surface area is 630 Å². The van der Waals surface area contributed by atoms with Crippen molar-refractivity contribution in [3.05, 3.63) is 118 Å². The lowest BCUT2D eigenvalue weighted by atomic mass is 9.86. The molecule has 11 bridgehead atoms. The molecule has 0 radical (unpaired) electrons. The highest BCUT2D eigenvalue weighted by Gasteiger charge is 2.52. The fourth-order valence-electron chi connectivity index (χ4n) is 14.6. The van der Waals surface area contributed by atoms with Crippen LogP contribution in [0.3, 0.4) is 0 Å². The number of aliphatic carboxylic acids is 1. The number of fused-ring (bicyclic) bond motifs is 15. The molecule has 22 atom stereocenters. The number of carbonyl (C=O) groups excluding carboxylic acids is 7. The molecule has 7 amide bonds. The number of hydrogen-bond donors (Lipinski definition) is 19. The first-order valence-corrected chi connectivity index (χ1v) is 35.8. The maximum Gasteiger partial charge on any atom is 0.330 e. The Morgan fingerprint density at radius 1 is 0.664 bits per heavy atom. The summed E-state index contributed by atoms with van der Waals surface area (Å²) in [7, 11) is 0. The van der Waals surface area contributed by atoms with Gasteiger partial charge in [0.25, 0.3) is 0 Å². The Balaban J connectivity index is 1.18. The largest absolute Gasteiger partial charge is 0.508 e. The molecule has 3 fully saturated rings. The second-order valence-electron chi connectivity index (χ2n) is 29.7. The molecule has 22 N–H and O–H groups in total. The number of nitrogens with two attached hydrogens (primary N) is 3. The van der Waals surface area contributed by atoms with Crippen LogP contribution in [0.5, 0.6) is 46.0 Å². The average molecular weight is 1540 g/mol. The quantitative estimate of drug-likeness (QED) is 0.0689. The normalized spacial score (nSPS) is 32.2. The van der Waals surface area contributed by atoms with Gasteiger partial charge in [-0.3, -0.25) is 33.6 Å².